The number of hydrogen-bond acceptors (Lipinski definition) is 3. The third-order valence-corrected chi connectivity index (χ3v) is 4.64. The molecule has 1 fully saturated rings. The van der Waals surface area contributed by atoms with E-state index in [0.717, 1.165) is 37.1 Å². The Hall–Kier alpha value is -2.62. The van der Waals surface area contributed by atoms with Crippen molar-refractivity contribution in [2.75, 3.05) is 0 Å². The molecule has 3 rings (SSSR count). The number of carbonyl (C=O) groups is 1. The summed E-state index contributed by atoms with van der Waals surface area (Å²) in [5.41, 5.74) is 5.75. The van der Waals surface area contributed by atoms with E-state index in [2.05, 4.69) is 40.9 Å². The van der Waals surface area contributed by atoms with Crippen molar-refractivity contribution in [2.45, 2.75) is 51.6 Å². The Morgan fingerprint density at radius 2 is 1.69 bits per heavy atom. The molecule has 1 N–H and O–H groups in total. The van der Waals surface area contributed by atoms with Gasteiger partial charge in [0.25, 0.3) is 5.91 Å². The zero-order valence-corrected chi connectivity index (χ0v) is 15.4. The standard InChI is InChI=1S/C22H26N2O2/c1-16(2)26-21-14-10-19(11-15-21)22(25)24-23-20-12-8-18(9-13-20)17-6-4-3-5-7-17/h3-7,10-11,14-16,18H,8-9,12-13H2,1-2H3,(H,24,25). The summed E-state index contributed by atoms with van der Waals surface area (Å²) in [6, 6.07) is 17.8. The lowest BCUT2D eigenvalue weighted by Crippen LogP contribution is -2.22. The Balaban J connectivity index is 1.51. The van der Waals surface area contributed by atoms with Crippen LogP contribution < -0.4 is 10.2 Å². The van der Waals surface area contributed by atoms with E-state index in [-0.39, 0.29) is 12.0 Å². The largest absolute Gasteiger partial charge is 0.491 e. The fourth-order valence-electron chi connectivity index (χ4n) is 3.27. The van der Waals surface area contributed by atoms with E-state index in [4.69, 9.17) is 4.74 Å². The minimum absolute atomic E-state index is 0.118. The second-order valence-corrected chi connectivity index (χ2v) is 6.99. The van der Waals surface area contributed by atoms with E-state index in [1.165, 1.54) is 5.56 Å². The van der Waals surface area contributed by atoms with Gasteiger partial charge in [-0.1, -0.05) is 30.3 Å². The van der Waals surface area contributed by atoms with E-state index < -0.39 is 0 Å². The van der Waals surface area contributed by atoms with Gasteiger partial charge in [0.1, 0.15) is 5.75 Å². The Morgan fingerprint density at radius 1 is 1.04 bits per heavy atom. The molecule has 2 aromatic rings. The number of benzene rings is 2. The van der Waals surface area contributed by atoms with Crippen molar-refractivity contribution in [2.24, 2.45) is 5.10 Å². The van der Waals surface area contributed by atoms with Crippen molar-refractivity contribution in [3.63, 3.8) is 0 Å². The van der Waals surface area contributed by atoms with Gasteiger partial charge in [0.05, 0.1) is 6.10 Å². The molecule has 1 aliphatic rings. The van der Waals surface area contributed by atoms with Gasteiger partial charge in [-0.25, -0.2) is 5.43 Å². The van der Waals surface area contributed by atoms with E-state index in [1.807, 2.05) is 26.0 Å². The second kappa shape index (κ2) is 8.65. The average Bonchev–Trinajstić information content (AvgIpc) is 2.67. The number of hydrogen-bond donors (Lipinski definition) is 1. The van der Waals surface area contributed by atoms with Crippen molar-refractivity contribution in [1.82, 2.24) is 5.43 Å². The molecule has 0 radical (unpaired) electrons. The van der Waals surface area contributed by atoms with Crippen LogP contribution >= 0.6 is 0 Å². The smallest absolute Gasteiger partial charge is 0.271 e. The van der Waals surface area contributed by atoms with Crippen LogP contribution in [0.2, 0.25) is 0 Å². The molecule has 0 spiro atoms. The van der Waals surface area contributed by atoms with Crippen molar-refractivity contribution in [3.05, 3.63) is 65.7 Å². The van der Waals surface area contributed by atoms with Crippen molar-refractivity contribution in [1.29, 1.82) is 0 Å². The van der Waals surface area contributed by atoms with E-state index in [0.29, 0.717) is 11.5 Å². The summed E-state index contributed by atoms with van der Waals surface area (Å²) in [5, 5.41) is 4.34. The first-order valence-electron chi connectivity index (χ1n) is 9.29. The number of carbonyl (C=O) groups excluding carboxylic acids is 1. The molecule has 0 unspecified atom stereocenters. The SMILES string of the molecule is CC(C)Oc1ccc(C(=O)NN=C2CCC(c3ccccc3)CC2)cc1. The first-order chi connectivity index (χ1) is 12.6. The predicted molar refractivity (Wildman–Crippen MR) is 105 cm³/mol. The Kier molecular flexibility index (Phi) is 6.05. The third kappa shape index (κ3) is 4.94. The van der Waals surface area contributed by atoms with Crippen LogP contribution in [0, 0.1) is 0 Å². The molecule has 1 aliphatic carbocycles. The number of ether oxygens (including phenoxy) is 1. The molecule has 0 atom stereocenters. The minimum atomic E-state index is -0.182. The number of nitrogens with zero attached hydrogens (tertiary/aromatic N) is 1. The highest BCUT2D eigenvalue weighted by Crippen LogP contribution is 2.31. The number of amides is 1. The van der Waals surface area contributed by atoms with Gasteiger partial charge in [-0.2, -0.15) is 5.10 Å². The maximum Gasteiger partial charge on any atom is 0.271 e. The van der Waals surface area contributed by atoms with Gasteiger partial charge in [0.2, 0.25) is 0 Å². The summed E-state index contributed by atoms with van der Waals surface area (Å²) in [6.45, 7) is 3.95. The molecule has 0 aliphatic heterocycles. The molecule has 136 valence electrons. The van der Waals surface area contributed by atoms with Gasteiger partial charge in [0.15, 0.2) is 0 Å². The van der Waals surface area contributed by atoms with Gasteiger partial charge >= 0.3 is 0 Å². The van der Waals surface area contributed by atoms with Crippen LogP contribution in [0.25, 0.3) is 0 Å². The summed E-state index contributed by atoms with van der Waals surface area (Å²) < 4.78 is 5.59. The molecule has 0 aromatic heterocycles. The van der Waals surface area contributed by atoms with Crippen LogP contribution in [-0.4, -0.2) is 17.7 Å². The number of nitrogens with one attached hydrogen (secondary N) is 1. The van der Waals surface area contributed by atoms with Crippen molar-refractivity contribution in [3.8, 4) is 5.75 Å². The molecule has 1 amide bonds. The second-order valence-electron chi connectivity index (χ2n) is 6.99. The quantitative estimate of drug-likeness (QED) is 0.778. The third-order valence-electron chi connectivity index (χ3n) is 4.64. The van der Waals surface area contributed by atoms with Gasteiger partial charge in [0, 0.05) is 11.3 Å². The van der Waals surface area contributed by atoms with Crippen molar-refractivity contribution < 1.29 is 9.53 Å². The summed E-state index contributed by atoms with van der Waals surface area (Å²) in [5.74, 6) is 1.18. The maximum absolute atomic E-state index is 12.2. The highest BCUT2D eigenvalue weighted by atomic mass is 16.5. The fourth-order valence-corrected chi connectivity index (χ4v) is 3.27. The van der Waals surface area contributed by atoms with Crippen LogP contribution in [0.5, 0.6) is 5.75 Å². The maximum atomic E-state index is 12.2. The monoisotopic (exact) mass is 350 g/mol. The molecule has 2 aromatic carbocycles. The van der Waals surface area contributed by atoms with E-state index in [9.17, 15) is 4.79 Å². The lowest BCUT2D eigenvalue weighted by molar-refractivity contribution is 0.0954. The highest BCUT2D eigenvalue weighted by molar-refractivity contribution is 5.95. The fraction of sp³-hybridized carbons (Fsp3) is 0.364. The predicted octanol–water partition coefficient (Wildman–Crippen LogP) is 4.92. The molecular formula is C22H26N2O2. The molecule has 0 heterocycles. The summed E-state index contributed by atoms with van der Waals surface area (Å²) in [6.07, 6.45) is 4.15. The molecule has 4 nitrogen and oxygen atoms in total. The lowest BCUT2D eigenvalue weighted by Gasteiger charge is -2.23. The minimum Gasteiger partial charge on any atom is -0.491 e. The highest BCUT2D eigenvalue weighted by Gasteiger charge is 2.19. The molecule has 26 heavy (non-hydrogen) atoms. The van der Waals surface area contributed by atoms with Crippen molar-refractivity contribution >= 4 is 11.6 Å². The van der Waals surface area contributed by atoms with Gasteiger partial charge in [-0.3, -0.25) is 4.79 Å². The lowest BCUT2D eigenvalue weighted by atomic mass is 9.83. The Labute approximate surface area is 155 Å². The Morgan fingerprint density at radius 3 is 2.31 bits per heavy atom. The molecule has 0 saturated heterocycles. The van der Waals surface area contributed by atoms with E-state index >= 15 is 0 Å². The normalized spacial score (nSPS) is 17.0. The molecular weight excluding hydrogens is 324 g/mol. The Bertz CT molecular complexity index is 741. The van der Waals surface area contributed by atoms with Crippen LogP contribution in [0.1, 0.15) is 61.4 Å². The summed E-state index contributed by atoms with van der Waals surface area (Å²) >= 11 is 0. The van der Waals surface area contributed by atoms with Crippen LogP contribution in [0.4, 0.5) is 0 Å². The van der Waals surface area contributed by atoms with Crippen LogP contribution in [0.3, 0.4) is 0 Å². The van der Waals surface area contributed by atoms with Crippen LogP contribution in [0.15, 0.2) is 59.7 Å². The topological polar surface area (TPSA) is 50.7 Å². The van der Waals surface area contributed by atoms with Gasteiger partial charge < -0.3 is 4.74 Å². The number of rotatable bonds is 5. The number of hydrazone groups is 1. The van der Waals surface area contributed by atoms with Crippen LogP contribution in [-0.2, 0) is 0 Å². The van der Waals surface area contributed by atoms with Gasteiger partial charge in [-0.15, -0.1) is 0 Å². The first kappa shape index (κ1) is 18.2. The van der Waals surface area contributed by atoms with E-state index in [1.54, 1.807) is 12.1 Å². The summed E-state index contributed by atoms with van der Waals surface area (Å²) in [4.78, 5) is 12.2. The molecule has 4 heteroatoms. The first-order valence-corrected chi connectivity index (χ1v) is 9.29. The zero-order valence-electron chi connectivity index (χ0n) is 15.4. The zero-order chi connectivity index (χ0) is 18.4. The molecule has 1 saturated carbocycles. The summed E-state index contributed by atoms with van der Waals surface area (Å²) in [7, 11) is 0. The van der Waals surface area contributed by atoms with Gasteiger partial charge in [-0.05, 0) is 75.3 Å². The average molecular weight is 350 g/mol. The molecule has 0 bridgehead atoms.